The SMILES string of the molecule is CCOC(=O)CN1C(=O)C(=O)N(CC(=O)OCC)C1=O. The third kappa shape index (κ3) is 3.31. The molecule has 0 radical (unpaired) electrons. The molecule has 0 unspecified atom stereocenters. The van der Waals surface area contributed by atoms with Crippen LogP contribution >= 0.6 is 0 Å². The van der Waals surface area contributed by atoms with Crippen LogP contribution in [0.25, 0.3) is 0 Å². The zero-order chi connectivity index (χ0) is 15.3. The molecule has 110 valence electrons. The Balaban J connectivity index is 2.75. The first-order valence-corrected chi connectivity index (χ1v) is 5.90. The summed E-state index contributed by atoms with van der Waals surface area (Å²) in [6.07, 6.45) is 0. The van der Waals surface area contributed by atoms with Gasteiger partial charge in [-0.25, -0.2) is 14.6 Å². The Labute approximate surface area is 114 Å². The van der Waals surface area contributed by atoms with Crippen LogP contribution in [0.15, 0.2) is 0 Å². The van der Waals surface area contributed by atoms with Gasteiger partial charge in [-0.2, -0.15) is 0 Å². The number of carbonyl (C=O) groups is 5. The van der Waals surface area contributed by atoms with Crippen LogP contribution in [-0.4, -0.2) is 65.9 Å². The number of hydrogen-bond donors (Lipinski definition) is 0. The molecular weight excluding hydrogens is 272 g/mol. The van der Waals surface area contributed by atoms with Crippen molar-refractivity contribution in [3.05, 3.63) is 0 Å². The molecule has 1 fully saturated rings. The maximum atomic E-state index is 11.8. The zero-order valence-corrected chi connectivity index (χ0v) is 11.1. The molecule has 0 aromatic carbocycles. The van der Waals surface area contributed by atoms with Crippen LogP contribution in [0.3, 0.4) is 0 Å². The molecule has 0 N–H and O–H groups in total. The number of imide groups is 2. The molecule has 9 heteroatoms. The van der Waals surface area contributed by atoms with Crippen molar-refractivity contribution >= 4 is 29.8 Å². The Kier molecular flexibility index (Phi) is 5.18. The molecule has 0 bridgehead atoms. The summed E-state index contributed by atoms with van der Waals surface area (Å²) in [4.78, 5) is 58.3. The van der Waals surface area contributed by atoms with Crippen molar-refractivity contribution < 1.29 is 33.4 Å². The fraction of sp³-hybridized carbons (Fsp3) is 0.545. The van der Waals surface area contributed by atoms with Gasteiger partial charge >= 0.3 is 29.8 Å². The van der Waals surface area contributed by atoms with Crippen LogP contribution < -0.4 is 0 Å². The second-order valence-corrected chi connectivity index (χ2v) is 3.68. The summed E-state index contributed by atoms with van der Waals surface area (Å²) in [5.41, 5.74) is 0. The van der Waals surface area contributed by atoms with Gasteiger partial charge in [0.25, 0.3) is 0 Å². The Hall–Kier alpha value is -2.45. The summed E-state index contributed by atoms with van der Waals surface area (Å²) in [5.74, 6) is -3.99. The van der Waals surface area contributed by atoms with Crippen LogP contribution in [0.5, 0.6) is 0 Å². The molecule has 1 saturated heterocycles. The second kappa shape index (κ2) is 6.64. The number of carbonyl (C=O) groups excluding carboxylic acids is 5. The van der Waals surface area contributed by atoms with Crippen molar-refractivity contribution in [2.45, 2.75) is 13.8 Å². The van der Waals surface area contributed by atoms with Gasteiger partial charge in [-0.1, -0.05) is 0 Å². The first-order valence-electron chi connectivity index (χ1n) is 5.90. The van der Waals surface area contributed by atoms with Gasteiger partial charge in [-0.3, -0.25) is 19.2 Å². The average molecular weight is 286 g/mol. The molecule has 9 nitrogen and oxygen atoms in total. The Bertz CT molecular complexity index is 420. The van der Waals surface area contributed by atoms with E-state index in [4.69, 9.17) is 0 Å². The second-order valence-electron chi connectivity index (χ2n) is 3.68. The van der Waals surface area contributed by atoms with Crippen molar-refractivity contribution in [2.24, 2.45) is 0 Å². The van der Waals surface area contributed by atoms with Crippen LogP contribution in [-0.2, 0) is 28.7 Å². The molecule has 1 heterocycles. The maximum Gasteiger partial charge on any atom is 0.335 e. The summed E-state index contributed by atoms with van der Waals surface area (Å²) in [5, 5.41) is 0. The van der Waals surface area contributed by atoms with Gasteiger partial charge in [0, 0.05) is 0 Å². The summed E-state index contributed by atoms with van der Waals surface area (Å²) >= 11 is 0. The smallest absolute Gasteiger partial charge is 0.335 e. The highest BCUT2D eigenvalue weighted by atomic mass is 16.5. The molecule has 0 spiro atoms. The Morgan fingerprint density at radius 2 is 1.20 bits per heavy atom. The number of rotatable bonds is 6. The van der Waals surface area contributed by atoms with Crippen molar-refractivity contribution in [1.29, 1.82) is 0 Å². The normalized spacial score (nSPS) is 14.8. The molecule has 20 heavy (non-hydrogen) atoms. The van der Waals surface area contributed by atoms with Gasteiger partial charge < -0.3 is 9.47 Å². The minimum absolute atomic E-state index is 0.0789. The number of hydrogen-bond acceptors (Lipinski definition) is 7. The van der Waals surface area contributed by atoms with Gasteiger partial charge in [0.15, 0.2) is 0 Å². The predicted molar refractivity (Wildman–Crippen MR) is 62.1 cm³/mol. The summed E-state index contributed by atoms with van der Waals surface area (Å²) < 4.78 is 9.17. The lowest BCUT2D eigenvalue weighted by atomic mass is 10.5. The summed E-state index contributed by atoms with van der Waals surface area (Å²) in [6, 6.07) is -1.04. The van der Waals surface area contributed by atoms with E-state index in [0.717, 1.165) is 0 Å². The number of ether oxygens (including phenoxy) is 2. The minimum Gasteiger partial charge on any atom is -0.465 e. The third-order valence-corrected chi connectivity index (χ3v) is 2.32. The zero-order valence-electron chi connectivity index (χ0n) is 11.1. The first-order chi connectivity index (χ1) is 9.42. The molecule has 0 aromatic rings. The number of esters is 2. The van der Waals surface area contributed by atoms with Gasteiger partial charge in [-0.05, 0) is 13.8 Å². The molecule has 1 aliphatic rings. The minimum atomic E-state index is -1.17. The quantitative estimate of drug-likeness (QED) is 0.346. The van der Waals surface area contributed by atoms with Crippen LogP contribution in [0.4, 0.5) is 4.79 Å². The summed E-state index contributed by atoms with van der Waals surface area (Å²) in [7, 11) is 0. The van der Waals surface area contributed by atoms with E-state index in [9.17, 15) is 24.0 Å². The predicted octanol–water partition coefficient (Wildman–Crippen LogP) is -1.10. The standard InChI is InChI=1S/C11H14N2O7/c1-3-19-7(14)5-12-9(16)10(17)13(11(12)18)6-8(15)20-4-2/h3-6H2,1-2H3. The molecule has 1 rings (SSSR count). The monoisotopic (exact) mass is 286 g/mol. The van der Waals surface area contributed by atoms with Gasteiger partial charge in [0.2, 0.25) is 0 Å². The molecule has 4 amide bonds. The number of amides is 4. The summed E-state index contributed by atoms with van der Waals surface area (Å²) in [6.45, 7) is 1.94. The topological polar surface area (TPSA) is 110 Å². The van der Waals surface area contributed by atoms with Crippen LogP contribution in [0, 0.1) is 0 Å². The molecule has 0 atom stereocenters. The van der Waals surface area contributed by atoms with Gasteiger partial charge in [0.05, 0.1) is 13.2 Å². The first kappa shape index (κ1) is 15.6. The van der Waals surface area contributed by atoms with Gasteiger partial charge in [-0.15, -0.1) is 0 Å². The van der Waals surface area contributed by atoms with E-state index in [2.05, 4.69) is 9.47 Å². The van der Waals surface area contributed by atoms with E-state index in [0.29, 0.717) is 9.80 Å². The third-order valence-electron chi connectivity index (χ3n) is 2.32. The van der Waals surface area contributed by atoms with Crippen molar-refractivity contribution in [3.8, 4) is 0 Å². The van der Waals surface area contributed by atoms with Crippen molar-refractivity contribution in [1.82, 2.24) is 9.80 Å². The highest BCUT2D eigenvalue weighted by Gasteiger charge is 2.46. The molecular formula is C11H14N2O7. The van der Waals surface area contributed by atoms with Gasteiger partial charge in [0.1, 0.15) is 13.1 Å². The highest BCUT2D eigenvalue weighted by Crippen LogP contribution is 2.12. The lowest BCUT2D eigenvalue weighted by Crippen LogP contribution is -2.39. The average Bonchev–Trinajstić information content (AvgIpc) is 2.57. The fourth-order valence-electron chi connectivity index (χ4n) is 1.50. The molecule has 0 aliphatic carbocycles. The molecule has 1 aliphatic heterocycles. The van der Waals surface area contributed by atoms with Crippen molar-refractivity contribution in [3.63, 3.8) is 0 Å². The van der Waals surface area contributed by atoms with E-state index >= 15 is 0 Å². The van der Waals surface area contributed by atoms with Crippen LogP contribution in [0.1, 0.15) is 13.8 Å². The molecule has 0 aromatic heterocycles. The Morgan fingerprint density at radius 3 is 1.50 bits per heavy atom. The van der Waals surface area contributed by atoms with E-state index in [1.165, 1.54) is 0 Å². The highest BCUT2D eigenvalue weighted by molar-refractivity contribution is 6.45. The largest absolute Gasteiger partial charge is 0.465 e. The van der Waals surface area contributed by atoms with E-state index in [1.807, 2.05) is 0 Å². The number of nitrogens with zero attached hydrogens (tertiary/aromatic N) is 2. The lowest BCUT2D eigenvalue weighted by Gasteiger charge is -2.13. The molecule has 0 saturated carbocycles. The van der Waals surface area contributed by atoms with Crippen LogP contribution in [0.2, 0.25) is 0 Å². The Morgan fingerprint density at radius 1 is 0.850 bits per heavy atom. The number of urea groups is 1. The van der Waals surface area contributed by atoms with E-state index < -0.39 is 42.9 Å². The van der Waals surface area contributed by atoms with E-state index in [-0.39, 0.29) is 13.2 Å². The van der Waals surface area contributed by atoms with E-state index in [1.54, 1.807) is 13.8 Å². The fourth-order valence-corrected chi connectivity index (χ4v) is 1.50. The van der Waals surface area contributed by atoms with Crippen molar-refractivity contribution in [2.75, 3.05) is 26.3 Å². The lowest BCUT2D eigenvalue weighted by molar-refractivity contribution is -0.150. The maximum absolute atomic E-state index is 11.8.